The van der Waals surface area contributed by atoms with Crippen LogP contribution in [-0.4, -0.2) is 43.9 Å². The average Bonchev–Trinajstić information content (AvgIpc) is 2.23. The Hall–Kier alpha value is -0.170. The Morgan fingerprint density at radius 1 is 1.37 bits per heavy atom. The predicted molar refractivity (Wildman–Crippen MR) is 79.2 cm³/mol. The fraction of sp³-hybridized carbons (Fsp3) is 1.00. The summed E-state index contributed by atoms with van der Waals surface area (Å²) in [6.45, 7) is 12.0. The molecule has 0 spiro atoms. The minimum Gasteiger partial charge on any atom is -0.316 e. The molecule has 1 rings (SSSR count). The maximum absolute atomic E-state index is 12.5. The maximum atomic E-state index is 12.5. The lowest BCUT2D eigenvalue weighted by Crippen LogP contribution is -2.53. The van der Waals surface area contributed by atoms with Crippen LogP contribution in [0.3, 0.4) is 0 Å². The monoisotopic (exact) mass is 291 g/mol. The van der Waals surface area contributed by atoms with Gasteiger partial charge in [0.05, 0.1) is 0 Å². The van der Waals surface area contributed by atoms with Crippen molar-refractivity contribution in [1.29, 1.82) is 0 Å². The summed E-state index contributed by atoms with van der Waals surface area (Å²) in [5.41, 5.74) is -0.448. The van der Waals surface area contributed by atoms with Gasteiger partial charge < -0.3 is 5.32 Å². The number of hydrogen-bond donors (Lipinski definition) is 2. The lowest BCUT2D eigenvalue weighted by atomic mass is 9.99. The van der Waals surface area contributed by atoms with Gasteiger partial charge in [0, 0.05) is 18.1 Å². The molecule has 0 saturated carbocycles. The van der Waals surface area contributed by atoms with E-state index in [9.17, 15) is 8.42 Å². The second kappa shape index (κ2) is 6.52. The number of rotatable bonds is 5. The van der Waals surface area contributed by atoms with Crippen molar-refractivity contribution in [3.63, 3.8) is 0 Å². The molecule has 1 aliphatic heterocycles. The number of hydrogen-bond acceptors (Lipinski definition) is 3. The smallest absolute Gasteiger partial charge is 0.280 e. The zero-order valence-electron chi connectivity index (χ0n) is 12.9. The number of nitrogens with one attached hydrogen (secondary N) is 2. The van der Waals surface area contributed by atoms with E-state index in [0.29, 0.717) is 12.5 Å². The minimum atomic E-state index is -3.42. The van der Waals surface area contributed by atoms with Gasteiger partial charge in [-0.3, -0.25) is 0 Å². The molecule has 1 aliphatic rings. The molecular formula is C13H29N3O2S. The van der Waals surface area contributed by atoms with Crippen LogP contribution in [0.25, 0.3) is 0 Å². The Balaban J connectivity index is 2.76. The molecular weight excluding hydrogens is 262 g/mol. The van der Waals surface area contributed by atoms with Gasteiger partial charge in [0.1, 0.15) is 0 Å². The topological polar surface area (TPSA) is 61.4 Å². The third-order valence-corrected chi connectivity index (χ3v) is 5.22. The van der Waals surface area contributed by atoms with Gasteiger partial charge in [-0.25, -0.2) is 0 Å². The van der Waals surface area contributed by atoms with Gasteiger partial charge in [-0.1, -0.05) is 0 Å². The van der Waals surface area contributed by atoms with Gasteiger partial charge in [0.15, 0.2) is 0 Å². The molecule has 1 unspecified atom stereocenters. The van der Waals surface area contributed by atoms with Crippen molar-refractivity contribution < 1.29 is 8.42 Å². The standard InChI is InChI=1S/C13H29N3O2S/c1-11(2)16(10-12-7-6-8-14-9-12)19(17,18)15-13(3,4)5/h11-12,14-15H,6-10H2,1-5H3. The molecule has 1 fully saturated rings. The summed E-state index contributed by atoms with van der Waals surface area (Å²) in [5, 5.41) is 3.34. The van der Waals surface area contributed by atoms with Gasteiger partial charge in [0.2, 0.25) is 0 Å². The van der Waals surface area contributed by atoms with Crippen LogP contribution >= 0.6 is 0 Å². The van der Waals surface area contributed by atoms with Crippen molar-refractivity contribution in [1.82, 2.24) is 14.3 Å². The molecule has 1 atom stereocenters. The van der Waals surface area contributed by atoms with Crippen molar-refractivity contribution in [2.45, 2.75) is 59.0 Å². The van der Waals surface area contributed by atoms with Gasteiger partial charge in [-0.2, -0.15) is 17.4 Å². The molecule has 0 bridgehead atoms. The summed E-state index contributed by atoms with van der Waals surface area (Å²) >= 11 is 0. The molecule has 1 saturated heterocycles. The zero-order valence-corrected chi connectivity index (χ0v) is 13.7. The Bertz CT molecular complexity index is 368. The summed E-state index contributed by atoms with van der Waals surface area (Å²) in [6.07, 6.45) is 2.23. The van der Waals surface area contributed by atoms with Crippen LogP contribution in [0.4, 0.5) is 0 Å². The summed E-state index contributed by atoms with van der Waals surface area (Å²) in [5.74, 6) is 0.410. The second-order valence-corrected chi connectivity index (χ2v) is 8.36. The number of nitrogens with zero attached hydrogens (tertiary/aromatic N) is 1. The summed E-state index contributed by atoms with van der Waals surface area (Å²) < 4.78 is 29.2. The molecule has 0 aliphatic carbocycles. The highest BCUT2D eigenvalue weighted by molar-refractivity contribution is 7.87. The molecule has 19 heavy (non-hydrogen) atoms. The normalized spacial score (nSPS) is 22.2. The Labute approximate surface area is 118 Å². The Kier molecular flexibility index (Phi) is 5.79. The molecule has 0 radical (unpaired) electrons. The van der Waals surface area contributed by atoms with E-state index >= 15 is 0 Å². The lowest BCUT2D eigenvalue weighted by Gasteiger charge is -2.34. The van der Waals surface area contributed by atoms with E-state index in [2.05, 4.69) is 10.0 Å². The highest BCUT2D eigenvalue weighted by Crippen LogP contribution is 2.17. The summed E-state index contributed by atoms with van der Waals surface area (Å²) in [7, 11) is -3.42. The first-order valence-corrected chi connectivity index (χ1v) is 8.57. The predicted octanol–water partition coefficient (Wildman–Crippen LogP) is 1.33. The van der Waals surface area contributed by atoms with Crippen LogP contribution in [-0.2, 0) is 10.2 Å². The highest BCUT2D eigenvalue weighted by Gasteiger charge is 2.31. The third kappa shape index (κ3) is 5.77. The van der Waals surface area contributed by atoms with Crippen LogP contribution in [0, 0.1) is 5.92 Å². The van der Waals surface area contributed by atoms with E-state index in [1.165, 1.54) is 0 Å². The third-order valence-electron chi connectivity index (χ3n) is 3.16. The molecule has 0 aromatic heterocycles. The van der Waals surface area contributed by atoms with Crippen LogP contribution in [0.1, 0.15) is 47.5 Å². The molecule has 0 aromatic carbocycles. The molecule has 114 valence electrons. The highest BCUT2D eigenvalue weighted by atomic mass is 32.2. The lowest BCUT2D eigenvalue weighted by molar-refractivity contribution is 0.258. The molecule has 1 heterocycles. The second-order valence-electron chi connectivity index (χ2n) is 6.73. The zero-order chi connectivity index (χ0) is 14.7. The quantitative estimate of drug-likeness (QED) is 0.803. The molecule has 0 amide bonds. The van der Waals surface area contributed by atoms with E-state index in [0.717, 1.165) is 25.9 Å². The van der Waals surface area contributed by atoms with Crippen molar-refractivity contribution in [2.24, 2.45) is 5.92 Å². The van der Waals surface area contributed by atoms with E-state index in [-0.39, 0.29) is 6.04 Å². The molecule has 2 N–H and O–H groups in total. The summed E-state index contributed by atoms with van der Waals surface area (Å²) in [4.78, 5) is 0. The largest absolute Gasteiger partial charge is 0.316 e. The van der Waals surface area contributed by atoms with Gasteiger partial charge >= 0.3 is 0 Å². The average molecular weight is 291 g/mol. The van der Waals surface area contributed by atoms with E-state index < -0.39 is 15.7 Å². The molecule has 6 heteroatoms. The first-order chi connectivity index (χ1) is 8.62. The fourth-order valence-corrected chi connectivity index (χ4v) is 4.22. The Morgan fingerprint density at radius 3 is 2.42 bits per heavy atom. The van der Waals surface area contributed by atoms with Crippen LogP contribution in [0.5, 0.6) is 0 Å². The van der Waals surface area contributed by atoms with Crippen LogP contribution in [0.2, 0.25) is 0 Å². The fourth-order valence-electron chi connectivity index (χ4n) is 2.37. The first kappa shape index (κ1) is 16.9. The van der Waals surface area contributed by atoms with Crippen LogP contribution < -0.4 is 10.0 Å². The van der Waals surface area contributed by atoms with E-state index in [4.69, 9.17) is 0 Å². The number of piperidine rings is 1. The first-order valence-electron chi connectivity index (χ1n) is 7.13. The van der Waals surface area contributed by atoms with Crippen molar-refractivity contribution >= 4 is 10.2 Å². The van der Waals surface area contributed by atoms with Gasteiger partial charge in [0.25, 0.3) is 10.2 Å². The van der Waals surface area contributed by atoms with Crippen molar-refractivity contribution in [3.8, 4) is 0 Å². The summed E-state index contributed by atoms with van der Waals surface area (Å²) in [6, 6.07) is -0.0261. The SMILES string of the molecule is CC(C)N(CC1CCCNC1)S(=O)(=O)NC(C)(C)C. The van der Waals surface area contributed by atoms with Crippen molar-refractivity contribution in [2.75, 3.05) is 19.6 Å². The van der Waals surface area contributed by atoms with Crippen LogP contribution in [0.15, 0.2) is 0 Å². The van der Waals surface area contributed by atoms with Gasteiger partial charge in [-0.05, 0) is 66.5 Å². The van der Waals surface area contributed by atoms with Gasteiger partial charge in [-0.15, -0.1) is 0 Å². The van der Waals surface area contributed by atoms with Crippen molar-refractivity contribution in [3.05, 3.63) is 0 Å². The molecule has 0 aromatic rings. The van der Waals surface area contributed by atoms with E-state index in [1.54, 1.807) is 4.31 Å². The minimum absolute atomic E-state index is 0.0261. The Morgan fingerprint density at radius 2 is 2.00 bits per heavy atom. The van der Waals surface area contributed by atoms with E-state index in [1.807, 2.05) is 34.6 Å². The maximum Gasteiger partial charge on any atom is 0.280 e. The molecule has 5 nitrogen and oxygen atoms in total.